The number of para-hydroxylation sites is 3. The van der Waals surface area contributed by atoms with Gasteiger partial charge in [-0.25, -0.2) is 9.78 Å². The standard InChI is InChI=1S/C24H16N4O3S/c29-22(17-13-14-6-1-4-11-20(14)31-23(17)30)28-24(32)25-16-8-5-7-15(12-16)21-26-18-9-2-3-10-19(18)27-21/h1-13H,(H,26,27)(H2,25,28,29,32). The Balaban J connectivity index is 1.33. The Morgan fingerprint density at radius 3 is 2.66 bits per heavy atom. The second-order valence-corrected chi connectivity index (χ2v) is 7.49. The smallest absolute Gasteiger partial charge is 0.349 e. The fourth-order valence-corrected chi connectivity index (χ4v) is 3.60. The number of aromatic nitrogens is 2. The Kier molecular flexibility index (Phi) is 4.97. The van der Waals surface area contributed by atoms with Gasteiger partial charge in [-0.1, -0.05) is 42.5 Å². The Bertz CT molecular complexity index is 1520. The van der Waals surface area contributed by atoms with Crippen molar-refractivity contribution < 1.29 is 9.21 Å². The molecule has 5 rings (SSSR count). The van der Waals surface area contributed by atoms with Gasteiger partial charge in [0.25, 0.3) is 5.91 Å². The molecule has 0 saturated carbocycles. The topological polar surface area (TPSA) is 100 Å². The van der Waals surface area contributed by atoms with Crippen LogP contribution in [0.4, 0.5) is 5.69 Å². The highest BCUT2D eigenvalue weighted by molar-refractivity contribution is 7.80. The number of hydrogen-bond acceptors (Lipinski definition) is 5. The zero-order valence-electron chi connectivity index (χ0n) is 16.6. The zero-order valence-corrected chi connectivity index (χ0v) is 17.4. The number of aromatic amines is 1. The highest BCUT2D eigenvalue weighted by Crippen LogP contribution is 2.23. The molecular weight excluding hydrogens is 424 g/mol. The molecule has 0 spiro atoms. The molecule has 0 aliphatic rings. The third-order valence-corrected chi connectivity index (χ3v) is 5.10. The number of benzene rings is 3. The van der Waals surface area contributed by atoms with Crippen molar-refractivity contribution in [3.8, 4) is 11.4 Å². The molecular formula is C24H16N4O3S. The molecule has 3 N–H and O–H groups in total. The first-order valence-corrected chi connectivity index (χ1v) is 10.2. The fraction of sp³-hybridized carbons (Fsp3) is 0. The summed E-state index contributed by atoms with van der Waals surface area (Å²) in [6.07, 6.45) is 0. The molecule has 0 saturated heterocycles. The number of amides is 1. The van der Waals surface area contributed by atoms with Gasteiger partial charge in [0.15, 0.2) is 5.11 Å². The van der Waals surface area contributed by atoms with Crippen LogP contribution in [0.3, 0.4) is 0 Å². The average molecular weight is 440 g/mol. The van der Waals surface area contributed by atoms with Gasteiger partial charge in [-0.05, 0) is 48.6 Å². The zero-order chi connectivity index (χ0) is 22.1. The van der Waals surface area contributed by atoms with E-state index in [0.717, 1.165) is 22.4 Å². The van der Waals surface area contributed by atoms with Crippen molar-refractivity contribution >= 4 is 50.9 Å². The van der Waals surface area contributed by atoms with E-state index in [0.29, 0.717) is 16.7 Å². The van der Waals surface area contributed by atoms with Gasteiger partial charge >= 0.3 is 5.63 Å². The summed E-state index contributed by atoms with van der Waals surface area (Å²) in [5, 5.41) is 6.20. The van der Waals surface area contributed by atoms with E-state index in [4.69, 9.17) is 16.6 Å². The molecule has 7 nitrogen and oxygen atoms in total. The minimum absolute atomic E-state index is 0.0596. The van der Waals surface area contributed by atoms with Gasteiger partial charge in [0.1, 0.15) is 17.0 Å². The largest absolute Gasteiger partial charge is 0.422 e. The Labute approximate surface area is 187 Å². The van der Waals surface area contributed by atoms with Gasteiger partial charge < -0.3 is 14.7 Å². The van der Waals surface area contributed by atoms with Crippen LogP contribution in [0.2, 0.25) is 0 Å². The lowest BCUT2D eigenvalue weighted by atomic mass is 10.2. The molecule has 3 aromatic carbocycles. The summed E-state index contributed by atoms with van der Waals surface area (Å²) in [4.78, 5) is 32.6. The predicted molar refractivity (Wildman–Crippen MR) is 128 cm³/mol. The van der Waals surface area contributed by atoms with Crippen LogP contribution in [-0.2, 0) is 0 Å². The maximum Gasteiger partial charge on any atom is 0.349 e. The molecule has 0 radical (unpaired) electrons. The highest BCUT2D eigenvalue weighted by Gasteiger charge is 2.15. The van der Waals surface area contributed by atoms with Crippen molar-refractivity contribution in [1.29, 1.82) is 0 Å². The van der Waals surface area contributed by atoms with E-state index in [1.165, 1.54) is 6.07 Å². The number of rotatable bonds is 3. The molecule has 0 atom stereocenters. The van der Waals surface area contributed by atoms with Crippen molar-refractivity contribution in [2.24, 2.45) is 0 Å². The van der Waals surface area contributed by atoms with Crippen molar-refractivity contribution in [3.63, 3.8) is 0 Å². The molecule has 5 aromatic rings. The molecule has 2 heterocycles. The molecule has 2 aromatic heterocycles. The van der Waals surface area contributed by atoms with E-state index in [9.17, 15) is 9.59 Å². The first kappa shape index (κ1) is 19.7. The molecule has 0 aliphatic carbocycles. The third kappa shape index (κ3) is 3.86. The summed E-state index contributed by atoms with van der Waals surface area (Å²) in [7, 11) is 0. The summed E-state index contributed by atoms with van der Waals surface area (Å²) in [5.41, 5.74) is 2.90. The average Bonchev–Trinajstić information content (AvgIpc) is 3.23. The Morgan fingerprint density at radius 1 is 0.969 bits per heavy atom. The van der Waals surface area contributed by atoms with E-state index in [1.54, 1.807) is 24.3 Å². The van der Waals surface area contributed by atoms with Gasteiger partial charge in [-0.15, -0.1) is 0 Å². The molecule has 0 aliphatic heterocycles. The number of imidazole rings is 1. The number of nitrogens with one attached hydrogen (secondary N) is 3. The van der Waals surface area contributed by atoms with E-state index in [1.807, 2.05) is 48.5 Å². The summed E-state index contributed by atoms with van der Waals surface area (Å²) < 4.78 is 5.21. The maximum atomic E-state index is 12.6. The number of thiocarbonyl (C=S) groups is 1. The van der Waals surface area contributed by atoms with Crippen molar-refractivity contribution in [2.75, 3.05) is 5.32 Å². The lowest BCUT2D eigenvalue weighted by Crippen LogP contribution is -2.36. The number of fused-ring (bicyclic) bond motifs is 2. The summed E-state index contributed by atoms with van der Waals surface area (Å²) in [5.74, 6) is 0.0778. The molecule has 156 valence electrons. The van der Waals surface area contributed by atoms with Crippen molar-refractivity contribution in [2.45, 2.75) is 0 Å². The normalized spacial score (nSPS) is 10.9. The van der Waals surface area contributed by atoms with Gasteiger partial charge in [-0.2, -0.15) is 0 Å². The number of H-pyrrole nitrogens is 1. The Morgan fingerprint density at radius 2 is 1.78 bits per heavy atom. The highest BCUT2D eigenvalue weighted by atomic mass is 32.1. The van der Waals surface area contributed by atoms with Crippen molar-refractivity contribution in [3.05, 3.63) is 94.8 Å². The van der Waals surface area contributed by atoms with Crippen LogP contribution in [-0.4, -0.2) is 21.0 Å². The lowest BCUT2D eigenvalue weighted by molar-refractivity contribution is 0.0974. The van der Waals surface area contributed by atoms with E-state index < -0.39 is 11.5 Å². The number of carbonyl (C=O) groups is 1. The second-order valence-electron chi connectivity index (χ2n) is 7.08. The second kappa shape index (κ2) is 8.09. The summed E-state index contributed by atoms with van der Waals surface area (Å²) in [6.45, 7) is 0. The van der Waals surface area contributed by atoms with Crippen LogP contribution < -0.4 is 16.3 Å². The van der Waals surface area contributed by atoms with Gasteiger partial charge in [-0.3, -0.25) is 10.1 Å². The Hall–Kier alpha value is -4.30. The van der Waals surface area contributed by atoms with Gasteiger partial charge in [0.2, 0.25) is 0 Å². The summed E-state index contributed by atoms with van der Waals surface area (Å²) in [6, 6.07) is 23.7. The quantitative estimate of drug-likeness (QED) is 0.283. The van der Waals surface area contributed by atoms with Crippen LogP contribution in [0.5, 0.6) is 0 Å². The molecule has 1 amide bonds. The van der Waals surface area contributed by atoms with Crippen LogP contribution in [0.1, 0.15) is 10.4 Å². The molecule has 0 unspecified atom stereocenters. The minimum atomic E-state index is -0.726. The first-order valence-electron chi connectivity index (χ1n) is 9.77. The maximum absolute atomic E-state index is 12.6. The number of carbonyl (C=O) groups excluding carboxylic acids is 1. The lowest BCUT2D eigenvalue weighted by Gasteiger charge is -2.10. The first-order chi connectivity index (χ1) is 15.6. The van der Waals surface area contributed by atoms with Crippen LogP contribution in [0, 0.1) is 0 Å². The van der Waals surface area contributed by atoms with E-state index in [2.05, 4.69) is 20.6 Å². The van der Waals surface area contributed by atoms with Gasteiger partial charge in [0.05, 0.1) is 11.0 Å². The molecule has 32 heavy (non-hydrogen) atoms. The fourth-order valence-electron chi connectivity index (χ4n) is 3.39. The number of nitrogens with zero attached hydrogens (tertiary/aromatic N) is 1. The predicted octanol–water partition coefficient (Wildman–Crippen LogP) is 4.46. The van der Waals surface area contributed by atoms with Crippen LogP contribution in [0.15, 0.2) is 88.1 Å². The SMILES string of the molecule is O=C(NC(=S)Nc1cccc(-c2nc3ccccc3[nH]2)c1)c1cc2ccccc2oc1=O. The van der Waals surface area contributed by atoms with E-state index >= 15 is 0 Å². The minimum Gasteiger partial charge on any atom is -0.422 e. The number of anilines is 1. The summed E-state index contributed by atoms with van der Waals surface area (Å²) >= 11 is 5.26. The molecule has 0 bridgehead atoms. The monoisotopic (exact) mass is 440 g/mol. The van der Waals surface area contributed by atoms with Crippen LogP contribution >= 0.6 is 12.2 Å². The van der Waals surface area contributed by atoms with Crippen molar-refractivity contribution in [1.82, 2.24) is 15.3 Å². The van der Waals surface area contributed by atoms with E-state index in [-0.39, 0.29) is 10.7 Å². The molecule has 0 fully saturated rings. The van der Waals surface area contributed by atoms with Gasteiger partial charge in [0, 0.05) is 16.6 Å². The molecule has 8 heteroatoms. The third-order valence-electron chi connectivity index (χ3n) is 4.90. The van der Waals surface area contributed by atoms with Crippen LogP contribution in [0.25, 0.3) is 33.4 Å². The number of hydrogen-bond donors (Lipinski definition) is 3.